The van der Waals surface area contributed by atoms with E-state index in [9.17, 15) is 0 Å². The number of hydrogen-bond acceptors (Lipinski definition) is 3. The van der Waals surface area contributed by atoms with E-state index in [1.807, 2.05) is 23.6 Å². The average molecular weight is 232 g/mol. The van der Waals surface area contributed by atoms with Crippen molar-refractivity contribution in [3.05, 3.63) is 45.8 Å². The van der Waals surface area contributed by atoms with Crippen LogP contribution in [-0.2, 0) is 0 Å². The van der Waals surface area contributed by atoms with Gasteiger partial charge >= 0.3 is 0 Å². The third-order valence-electron chi connectivity index (χ3n) is 2.55. The highest BCUT2D eigenvalue weighted by Gasteiger charge is 2.08. The van der Waals surface area contributed by atoms with Crippen molar-refractivity contribution >= 4 is 17.2 Å². The number of aryl methyl sites for hydroxylation is 2. The Morgan fingerprint density at radius 2 is 2.06 bits per heavy atom. The largest absolute Gasteiger partial charge is 0.363 e. The van der Waals surface area contributed by atoms with E-state index in [0.29, 0.717) is 6.04 Å². The molecular formula is C13H16N2S. The van der Waals surface area contributed by atoms with E-state index in [2.05, 4.69) is 49.3 Å². The predicted molar refractivity (Wildman–Crippen MR) is 70.1 cm³/mol. The lowest BCUT2D eigenvalue weighted by atomic mass is 10.2. The number of pyridine rings is 1. The second-order valence-corrected chi connectivity index (χ2v) is 5.30. The molecular weight excluding hydrogens is 216 g/mol. The molecule has 0 aliphatic heterocycles. The van der Waals surface area contributed by atoms with E-state index in [1.54, 1.807) is 0 Å². The van der Waals surface area contributed by atoms with Crippen molar-refractivity contribution in [1.29, 1.82) is 0 Å². The summed E-state index contributed by atoms with van der Waals surface area (Å²) < 4.78 is 0. The lowest BCUT2D eigenvalue weighted by Crippen LogP contribution is -2.07. The van der Waals surface area contributed by atoms with Crippen molar-refractivity contribution < 1.29 is 0 Å². The molecule has 16 heavy (non-hydrogen) atoms. The van der Waals surface area contributed by atoms with Crippen LogP contribution >= 0.6 is 11.3 Å². The minimum Gasteiger partial charge on any atom is -0.363 e. The SMILES string of the molecule is Cc1ccc(C(C)Nc2ncccc2C)s1. The third kappa shape index (κ3) is 2.42. The zero-order chi connectivity index (χ0) is 11.5. The third-order valence-corrected chi connectivity index (χ3v) is 3.73. The first-order valence-electron chi connectivity index (χ1n) is 5.41. The molecule has 2 rings (SSSR count). The van der Waals surface area contributed by atoms with Crippen LogP contribution in [-0.4, -0.2) is 4.98 Å². The van der Waals surface area contributed by atoms with Crippen molar-refractivity contribution in [3.63, 3.8) is 0 Å². The summed E-state index contributed by atoms with van der Waals surface area (Å²) in [7, 11) is 0. The first-order valence-corrected chi connectivity index (χ1v) is 6.23. The lowest BCUT2D eigenvalue weighted by molar-refractivity contribution is 0.893. The zero-order valence-corrected chi connectivity index (χ0v) is 10.6. The molecule has 0 bridgehead atoms. The summed E-state index contributed by atoms with van der Waals surface area (Å²) in [6.07, 6.45) is 1.82. The average Bonchev–Trinajstić information content (AvgIpc) is 2.68. The first kappa shape index (κ1) is 11.1. The van der Waals surface area contributed by atoms with Gasteiger partial charge in [0.1, 0.15) is 5.82 Å². The van der Waals surface area contributed by atoms with Crippen LogP contribution in [0.3, 0.4) is 0 Å². The van der Waals surface area contributed by atoms with Crippen LogP contribution in [0.1, 0.15) is 28.3 Å². The van der Waals surface area contributed by atoms with E-state index in [0.717, 1.165) is 5.82 Å². The van der Waals surface area contributed by atoms with Gasteiger partial charge in [0.05, 0.1) is 6.04 Å². The molecule has 1 N–H and O–H groups in total. The molecule has 84 valence electrons. The molecule has 0 fully saturated rings. The Balaban J connectivity index is 2.13. The number of anilines is 1. The van der Waals surface area contributed by atoms with Crippen LogP contribution in [0.2, 0.25) is 0 Å². The van der Waals surface area contributed by atoms with Gasteiger partial charge < -0.3 is 5.32 Å². The van der Waals surface area contributed by atoms with E-state index >= 15 is 0 Å². The van der Waals surface area contributed by atoms with E-state index in [1.165, 1.54) is 15.3 Å². The van der Waals surface area contributed by atoms with Crippen LogP contribution < -0.4 is 5.32 Å². The van der Waals surface area contributed by atoms with Crippen molar-refractivity contribution in [2.45, 2.75) is 26.8 Å². The Bertz CT molecular complexity index is 476. The number of thiophene rings is 1. The van der Waals surface area contributed by atoms with Crippen molar-refractivity contribution in [1.82, 2.24) is 4.98 Å². The zero-order valence-electron chi connectivity index (χ0n) is 9.82. The van der Waals surface area contributed by atoms with Gasteiger partial charge in [-0.25, -0.2) is 4.98 Å². The summed E-state index contributed by atoms with van der Waals surface area (Å²) in [4.78, 5) is 7.04. The Hall–Kier alpha value is -1.35. The molecule has 1 unspecified atom stereocenters. The molecule has 0 spiro atoms. The standard InChI is InChI=1S/C13H16N2S/c1-9-5-4-8-14-13(9)15-11(3)12-7-6-10(2)16-12/h4-8,11H,1-3H3,(H,14,15). The fourth-order valence-corrected chi connectivity index (χ4v) is 2.48. The molecule has 2 aromatic rings. The van der Waals surface area contributed by atoms with Gasteiger partial charge in [0.15, 0.2) is 0 Å². The van der Waals surface area contributed by atoms with E-state index in [-0.39, 0.29) is 0 Å². The summed E-state index contributed by atoms with van der Waals surface area (Å²) in [5.41, 5.74) is 1.18. The van der Waals surface area contributed by atoms with Crippen LogP contribution in [0, 0.1) is 13.8 Å². The summed E-state index contributed by atoms with van der Waals surface area (Å²) >= 11 is 1.83. The molecule has 0 aliphatic carbocycles. The summed E-state index contributed by atoms with van der Waals surface area (Å²) in [6.45, 7) is 6.37. The topological polar surface area (TPSA) is 24.9 Å². The molecule has 0 saturated heterocycles. The Kier molecular flexibility index (Phi) is 3.25. The van der Waals surface area contributed by atoms with E-state index < -0.39 is 0 Å². The van der Waals surface area contributed by atoms with Crippen molar-refractivity contribution in [2.75, 3.05) is 5.32 Å². The van der Waals surface area contributed by atoms with Gasteiger partial charge in [-0.2, -0.15) is 0 Å². The maximum absolute atomic E-state index is 4.34. The smallest absolute Gasteiger partial charge is 0.129 e. The van der Waals surface area contributed by atoms with Gasteiger partial charge in [0.25, 0.3) is 0 Å². The second-order valence-electron chi connectivity index (χ2n) is 3.98. The number of aromatic nitrogens is 1. The quantitative estimate of drug-likeness (QED) is 0.867. The highest BCUT2D eigenvalue weighted by molar-refractivity contribution is 7.12. The van der Waals surface area contributed by atoms with Gasteiger partial charge in [-0.05, 0) is 44.5 Å². The number of hydrogen-bond donors (Lipinski definition) is 1. The van der Waals surface area contributed by atoms with Crippen LogP contribution in [0.15, 0.2) is 30.5 Å². The van der Waals surface area contributed by atoms with Gasteiger partial charge in [-0.3, -0.25) is 0 Å². The molecule has 0 saturated carbocycles. The van der Waals surface area contributed by atoms with Gasteiger partial charge in [0.2, 0.25) is 0 Å². The predicted octanol–water partition coefficient (Wildman–Crippen LogP) is 3.93. The van der Waals surface area contributed by atoms with Crippen LogP contribution in [0.5, 0.6) is 0 Å². The highest BCUT2D eigenvalue weighted by Crippen LogP contribution is 2.25. The first-order chi connectivity index (χ1) is 7.66. The minimum absolute atomic E-state index is 0.312. The molecule has 2 heterocycles. The molecule has 0 amide bonds. The maximum atomic E-state index is 4.34. The molecule has 1 atom stereocenters. The molecule has 0 aliphatic rings. The number of nitrogens with zero attached hydrogens (tertiary/aromatic N) is 1. The highest BCUT2D eigenvalue weighted by atomic mass is 32.1. The summed E-state index contributed by atoms with van der Waals surface area (Å²) in [6, 6.07) is 8.68. The van der Waals surface area contributed by atoms with E-state index in [4.69, 9.17) is 0 Å². The van der Waals surface area contributed by atoms with Crippen molar-refractivity contribution in [2.24, 2.45) is 0 Å². The van der Waals surface area contributed by atoms with Gasteiger partial charge in [-0.1, -0.05) is 6.07 Å². The second kappa shape index (κ2) is 4.66. The molecule has 3 heteroatoms. The van der Waals surface area contributed by atoms with Crippen molar-refractivity contribution in [3.8, 4) is 0 Å². The van der Waals surface area contributed by atoms with Gasteiger partial charge in [0, 0.05) is 16.0 Å². The molecule has 0 aromatic carbocycles. The van der Waals surface area contributed by atoms with Gasteiger partial charge in [-0.15, -0.1) is 11.3 Å². The van der Waals surface area contributed by atoms with Crippen LogP contribution in [0.25, 0.3) is 0 Å². The molecule has 0 radical (unpaired) electrons. The summed E-state index contributed by atoms with van der Waals surface area (Å²) in [5, 5.41) is 3.44. The lowest BCUT2D eigenvalue weighted by Gasteiger charge is -2.14. The fraction of sp³-hybridized carbons (Fsp3) is 0.308. The Labute approximate surface area is 100 Å². The number of rotatable bonds is 3. The van der Waals surface area contributed by atoms with Crippen LogP contribution in [0.4, 0.5) is 5.82 Å². The normalized spacial score (nSPS) is 12.4. The fourth-order valence-electron chi connectivity index (χ4n) is 1.60. The molecule has 2 aromatic heterocycles. The summed E-state index contributed by atoms with van der Waals surface area (Å²) in [5.74, 6) is 0.973. The Morgan fingerprint density at radius 3 is 2.69 bits per heavy atom. The number of nitrogens with one attached hydrogen (secondary N) is 1. The Morgan fingerprint density at radius 1 is 1.25 bits per heavy atom. The minimum atomic E-state index is 0.312. The maximum Gasteiger partial charge on any atom is 0.129 e. The molecule has 2 nitrogen and oxygen atoms in total. The monoisotopic (exact) mass is 232 g/mol.